The van der Waals surface area contributed by atoms with Gasteiger partial charge < -0.3 is 10.2 Å². The summed E-state index contributed by atoms with van der Waals surface area (Å²) >= 11 is 3.47. The van der Waals surface area contributed by atoms with Gasteiger partial charge >= 0.3 is 0 Å². The van der Waals surface area contributed by atoms with Gasteiger partial charge in [0.1, 0.15) is 0 Å². The number of piperidine rings is 1. The summed E-state index contributed by atoms with van der Waals surface area (Å²) in [4.78, 5) is 15.0. The molecule has 0 unspecified atom stereocenters. The van der Waals surface area contributed by atoms with Gasteiger partial charge in [0.2, 0.25) is 0 Å². The van der Waals surface area contributed by atoms with Crippen LogP contribution in [-0.2, 0) is 0 Å². The molecule has 1 amide bonds. The Morgan fingerprint density at radius 2 is 2.05 bits per heavy atom. The van der Waals surface area contributed by atoms with Gasteiger partial charge in [-0.2, -0.15) is 0 Å². The van der Waals surface area contributed by atoms with Crippen LogP contribution in [-0.4, -0.2) is 36.5 Å². The van der Waals surface area contributed by atoms with Gasteiger partial charge in [-0.15, -0.1) is 12.4 Å². The third-order valence-corrected chi connectivity index (χ3v) is 4.40. The lowest BCUT2D eigenvalue weighted by molar-refractivity contribution is 0.0642. The zero-order chi connectivity index (χ0) is 14.5. The van der Waals surface area contributed by atoms with Crippen molar-refractivity contribution in [2.75, 3.05) is 19.6 Å². The summed E-state index contributed by atoms with van der Waals surface area (Å²) in [5.74, 6) is 0.178. The molecule has 21 heavy (non-hydrogen) atoms. The number of carbonyl (C=O) groups excluding carboxylic acids is 1. The van der Waals surface area contributed by atoms with Crippen LogP contribution >= 0.6 is 28.3 Å². The van der Waals surface area contributed by atoms with E-state index < -0.39 is 0 Å². The van der Waals surface area contributed by atoms with Gasteiger partial charge in [-0.1, -0.05) is 28.9 Å². The monoisotopic (exact) mass is 374 g/mol. The first-order valence-electron chi connectivity index (χ1n) is 7.41. The fraction of sp³-hybridized carbons (Fsp3) is 0.562. The molecule has 0 radical (unpaired) electrons. The first-order chi connectivity index (χ1) is 9.63. The molecule has 1 aromatic carbocycles. The highest BCUT2D eigenvalue weighted by molar-refractivity contribution is 9.10. The molecule has 1 aliphatic rings. The molecule has 1 fully saturated rings. The smallest absolute Gasteiger partial charge is 0.254 e. The summed E-state index contributed by atoms with van der Waals surface area (Å²) in [6.07, 6.45) is 3.11. The van der Waals surface area contributed by atoms with E-state index in [9.17, 15) is 4.79 Å². The highest BCUT2D eigenvalue weighted by atomic mass is 79.9. The summed E-state index contributed by atoms with van der Waals surface area (Å²) in [6.45, 7) is 7.00. The van der Waals surface area contributed by atoms with Crippen molar-refractivity contribution in [2.24, 2.45) is 0 Å². The number of nitrogens with one attached hydrogen (secondary N) is 1. The van der Waals surface area contributed by atoms with Crippen LogP contribution < -0.4 is 5.32 Å². The van der Waals surface area contributed by atoms with Crippen LogP contribution in [0.2, 0.25) is 0 Å². The first-order valence-corrected chi connectivity index (χ1v) is 8.20. The third-order valence-electron chi connectivity index (χ3n) is 3.90. The summed E-state index contributed by atoms with van der Waals surface area (Å²) in [6, 6.07) is 6.31. The van der Waals surface area contributed by atoms with E-state index >= 15 is 0 Å². The highest BCUT2D eigenvalue weighted by Gasteiger charge is 2.26. The van der Waals surface area contributed by atoms with Crippen molar-refractivity contribution in [1.82, 2.24) is 10.2 Å². The molecular weight excluding hydrogens is 352 g/mol. The number of carbonyl (C=O) groups is 1. The van der Waals surface area contributed by atoms with E-state index in [2.05, 4.69) is 33.1 Å². The lowest BCUT2D eigenvalue weighted by Gasteiger charge is -2.35. The molecule has 1 heterocycles. The Morgan fingerprint density at radius 3 is 2.67 bits per heavy atom. The van der Waals surface area contributed by atoms with Crippen molar-refractivity contribution >= 4 is 34.2 Å². The van der Waals surface area contributed by atoms with E-state index in [1.165, 1.54) is 0 Å². The SMILES string of the molecule is CCCN(C(=O)c1cc(Br)ccc1C)C1CCNCC1.Cl. The molecule has 118 valence electrons. The fourth-order valence-corrected chi connectivity index (χ4v) is 3.15. The van der Waals surface area contributed by atoms with Crippen LogP contribution in [0.15, 0.2) is 22.7 Å². The summed E-state index contributed by atoms with van der Waals surface area (Å²) < 4.78 is 0.966. The first kappa shape index (κ1) is 18.5. The quantitative estimate of drug-likeness (QED) is 0.868. The molecule has 1 aliphatic heterocycles. The third kappa shape index (κ3) is 4.70. The zero-order valence-corrected chi connectivity index (χ0v) is 15.1. The van der Waals surface area contributed by atoms with Gasteiger partial charge in [0.05, 0.1) is 0 Å². The summed E-state index contributed by atoms with van der Waals surface area (Å²) in [5, 5.41) is 3.37. The molecule has 0 aliphatic carbocycles. The molecule has 0 spiro atoms. The average molecular weight is 376 g/mol. The number of hydrogen-bond acceptors (Lipinski definition) is 2. The van der Waals surface area contributed by atoms with Crippen molar-refractivity contribution in [2.45, 2.75) is 39.2 Å². The van der Waals surface area contributed by atoms with Crippen molar-refractivity contribution in [3.05, 3.63) is 33.8 Å². The minimum absolute atomic E-state index is 0. The predicted octanol–water partition coefficient (Wildman–Crippen LogP) is 3.78. The van der Waals surface area contributed by atoms with E-state index in [0.717, 1.165) is 54.5 Å². The molecule has 1 saturated heterocycles. The number of halogens is 2. The Kier molecular flexibility index (Phi) is 7.71. The van der Waals surface area contributed by atoms with Crippen molar-refractivity contribution in [3.8, 4) is 0 Å². The van der Waals surface area contributed by atoms with Crippen LogP contribution in [0, 0.1) is 6.92 Å². The minimum Gasteiger partial charge on any atom is -0.336 e. The van der Waals surface area contributed by atoms with Crippen LogP contribution in [0.1, 0.15) is 42.1 Å². The second-order valence-corrected chi connectivity index (χ2v) is 6.35. The molecule has 0 bridgehead atoms. The second-order valence-electron chi connectivity index (χ2n) is 5.44. The van der Waals surface area contributed by atoms with Gasteiger partial charge in [0.15, 0.2) is 0 Å². The van der Waals surface area contributed by atoms with Crippen LogP contribution in [0.3, 0.4) is 0 Å². The Bertz CT molecular complexity index is 475. The number of hydrogen-bond donors (Lipinski definition) is 1. The summed E-state index contributed by atoms with van der Waals surface area (Å²) in [5.41, 5.74) is 1.87. The number of rotatable bonds is 4. The second kappa shape index (κ2) is 8.76. The van der Waals surface area contributed by atoms with E-state index in [0.29, 0.717) is 6.04 Å². The Labute approximate surface area is 142 Å². The lowest BCUT2D eigenvalue weighted by Crippen LogP contribution is -2.46. The van der Waals surface area contributed by atoms with Gasteiger partial charge in [0.25, 0.3) is 5.91 Å². The molecule has 1 aromatic rings. The molecule has 0 aromatic heterocycles. The molecular formula is C16H24BrClN2O. The van der Waals surface area contributed by atoms with Crippen LogP contribution in [0.25, 0.3) is 0 Å². The molecule has 2 rings (SSSR count). The Balaban J connectivity index is 0.00000220. The minimum atomic E-state index is 0. The predicted molar refractivity (Wildman–Crippen MR) is 93.3 cm³/mol. The van der Waals surface area contributed by atoms with Crippen LogP contribution in [0.4, 0.5) is 0 Å². The van der Waals surface area contributed by atoms with E-state index in [1.54, 1.807) is 0 Å². The molecule has 3 nitrogen and oxygen atoms in total. The zero-order valence-electron chi connectivity index (χ0n) is 12.7. The number of amides is 1. The largest absolute Gasteiger partial charge is 0.336 e. The normalized spacial score (nSPS) is 15.4. The Morgan fingerprint density at radius 1 is 1.38 bits per heavy atom. The van der Waals surface area contributed by atoms with Crippen LogP contribution in [0.5, 0.6) is 0 Å². The van der Waals surface area contributed by atoms with E-state index in [4.69, 9.17) is 0 Å². The molecule has 1 N–H and O–H groups in total. The molecule has 0 saturated carbocycles. The molecule has 5 heteroatoms. The highest BCUT2D eigenvalue weighted by Crippen LogP contribution is 2.21. The maximum Gasteiger partial charge on any atom is 0.254 e. The van der Waals surface area contributed by atoms with Gasteiger partial charge in [-0.05, 0) is 57.0 Å². The maximum absolute atomic E-state index is 12.9. The van der Waals surface area contributed by atoms with E-state index in [-0.39, 0.29) is 18.3 Å². The van der Waals surface area contributed by atoms with Gasteiger partial charge in [-0.25, -0.2) is 0 Å². The number of benzene rings is 1. The standard InChI is InChI=1S/C16H23BrN2O.ClH/c1-3-10-19(14-6-8-18-9-7-14)16(20)15-11-13(17)5-4-12(15)2;/h4-5,11,14,18H,3,6-10H2,1-2H3;1H. The van der Waals surface area contributed by atoms with Gasteiger partial charge in [0, 0.05) is 22.6 Å². The number of nitrogens with zero attached hydrogens (tertiary/aromatic N) is 1. The Hall–Kier alpha value is -0.580. The topological polar surface area (TPSA) is 32.3 Å². The average Bonchev–Trinajstić information content (AvgIpc) is 2.47. The summed E-state index contributed by atoms with van der Waals surface area (Å²) in [7, 11) is 0. The number of aryl methyl sites for hydroxylation is 1. The van der Waals surface area contributed by atoms with Gasteiger partial charge in [-0.3, -0.25) is 4.79 Å². The van der Waals surface area contributed by atoms with Crippen molar-refractivity contribution in [3.63, 3.8) is 0 Å². The maximum atomic E-state index is 12.9. The van der Waals surface area contributed by atoms with E-state index in [1.807, 2.05) is 25.1 Å². The van der Waals surface area contributed by atoms with Crippen molar-refractivity contribution in [1.29, 1.82) is 0 Å². The fourth-order valence-electron chi connectivity index (χ4n) is 2.79. The van der Waals surface area contributed by atoms with Crippen molar-refractivity contribution < 1.29 is 4.79 Å². The lowest BCUT2D eigenvalue weighted by atomic mass is 10.0. The molecule has 0 atom stereocenters.